The predicted molar refractivity (Wildman–Crippen MR) is 96.0 cm³/mol. The Morgan fingerprint density at radius 2 is 1.80 bits per heavy atom. The van der Waals surface area contributed by atoms with Crippen molar-refractivity contribution in [2.45, 2.75) is 0 Å². The van der Waals surface area contributed by atoms with Gasteiger partial charge in [-0.2, -0.15) is 0 Å². The predicted octanol–water partition coefficient (Wildman–Crippen LogP) is 3.77. The number of thiophene rings is 1. The van der Waals surface area contributed by atoms with Gasteiger partial charge in [0.05, 0.1) is 25.7 Å². The van der Waals surface area contributed by atoms with Crippen LogP contribution in [0.1, 0.15) is 10.4 Å². The molecule has 1 aliphatic rings. The summed E-state index contributed by atoms with van der Waals surface area (Å²) < 4.78 is 21.8. The van der Waals surface area contributed by atoms with Crippen molar-refractivity contribution >= 4 is 40.9 Å². The normalized spacial score (nSPS) is 15.1. The van der Waals surface area contributed by atoms with Gasteiger partial charge in [-0.05, 0) is 30.3 Å². The summed E-state index contributed by atoms with van der Waals surface area (Å²) in [5.41, 5.74) is 0.734. The monoisotopic (exact) mass is 379 g/mol. The number of nitrogens with zero attached hydrogens (tertiary/aromatic N) is 1. The summed E-state index contributed by atoms with van der Waals surface area (Å²) in [5, 5.41) is 0. The summed E-state index contributed by atoms with van der Waals surface area (Å²) in [7, 11) is 4.53. The van der Waals surface area contributed by atoms with E-state index in [2.05, 4.69) is 4.99 Å². The lowest BCUT2D eigenvalue weighted by Crippen LogP contribution is -2.06. The number of rotatable bonds is 5. The molecular formula is C17H14ClNO5S. The number of hydrogen-bond acceptors (Lipinski definition) is 7. The van der Waals surface area contributed by atoms with Crippen LogP contribution < -0.4 is 14.2 Å². The van der Waals surface area contributed by atoms with E-state index in [1.165, 1.54) is 32.7 Å². The summed E-state index contributed by atoms with van der Waals surface area (Å²) in [6, 6.07) is 6.89. The number of aliphatic imine (C=N–C) groups is 1. The van der Waals surface area contributed by atoms with Crippen LogP contribution in [0.15, 0.2) is 35.0 Å². The maximum absolute atomic E-state index is 12.1. The lowest BCUT2D eigenvalue weighted by molar-refractivity contribution is -0.129. The van der Waals surface area contributed by atoms with Crippen molar-refractivity contribution in [1.82, 2.24) is 0 Å². The molecule has 2 heterocycles. The number of hydrogen-bond donors (Lipinski definition) is 0. The molecule has 0 fully saturated rings. The van der Waals surface area contributed by atoms with E-state index in [1.54, 1.807) is 30.3 Å². The third-order valence-corrected chi connectivity index (χ3v) is 4.58. The largest absolute Gasteiger partial charge is 0.493 e. The second-order valence-electron chi connectivity index (χ2n) is 4.89. The molecule has 0 amide bonds. The Hall–Kier alpha value is -2.51. The highest BCUT2D eigenvalue weighted by Gasteiger charge is 2.26. The van der Waals surface area contributed by atoms with Crippen LogP contribution in [0.5, 0.6) is 17.2 Å². The van der Waals surface area contributed by atoms with Crippen molar-refractivity contribution in [3.8, 4) is 17.2 Å². The van der Waals surface area contributed by atoms with Gasteiger partial charge < -0.3 is 18.9 Å². The van der Waals surface area contributed by atoms with Gasteiger partial charge in [-0.1, -0.05) is 11.6 Å². The first-order valence-electron chi connectivity index (χ1n) is 7.14. The minimum atomic E-state index is -0.534. The lowest BCUT2D eigenvalue weighted by Gasteiger charge is -2.13. The number of benzene rings is 1. The van der Waals surface area contributed by atoms with Gasteiger partial charge in [-0.15, -0.1) is 11.3 Å². The van der Waals surface area contributed by atoms with Crippen LogP contribution in [-0.4, -0.2) is 33.2 Å². The highest BCUT2D eigenvalue weighted by atomic mass is 35.5. The molecular weight excluding hydrogens is 366 g/mol. The molecule has 0 saturated heterocycles. The molecule has 25 heavy (non-hydrogen) atoms. The van der Waals surface area contributed by atoms with E-state index in [9.17, 15) is 4.79 Å². The van der Waals surface area contributed by atoms with Crippen LogP contribution in [-0.2, 0) is 9.53 Å². The minimum absolute atomic E-state index is 0.165. The first kappa shape index (κ1) is 17.3. The van der Waals surface area contributed by atoms with Gasteiger partial charge in [-0.3, -0.25) is 0 Å². The number of methoxy groups -OCH3 is 3. The van der Waals surface area contributed by atoms with Crippen molar-refractivity contribution in [2.75, 3.05) is 21.3 Å². The Morgan fingerprint density at radius 3 is 2.32 bits per heavy atom. The van der Waals surface area contributed by atoms with E-state index in [0.29, 0.717) is 27.1 Å². The van der Waals surface area contributed by atoms with Crippen LogP contribution in [0.3, 0.4) is 0 Å². The van der Waals surface area contributed by atoms with Crippen molar-refractivity contribution in [1.29, 1.82) is 0 Å². The lowest BCUT2D eigenvalue weighted by atomic mass is 10.2. The van der Waals surface area contributed by atoms with Crippen molar-refractivity contribution in [3.05, 3.63) is 44.7 Å². The molecule has 6 nitrogen and oxygen atoms in total. The fourth-order valence-corrected chi connectivity index (χ4v) is 3.28. The van der Waals surface area contributed by atoms with Gasteiger partial charge in [0.1, 0.15) is 0 Å². The Bertz CT molecular complexity index is 862. The molecule has 0 aliphatic carbocycles. The summed E-state index contributed by atoms with van der Waals surface area (Å²) >= 11 is 7.25. The molecule has 0 unspecified atom stereocenters. The maximum Gasteiger partial charge on any atom is 0.363 e. The quantitative estimate of drug-likeness (QED) is 0.584. The zero-order valence-electron chi connectivity index (χ0n) is 13.7. The number of halogens is 1. The average Bonchev–Trinajstić information content (AvgIpc) is 3.19. The van der Waals surface area contributed by atoms with Crippen molar-refractivity contribution < 1.29 is 23.7 Å². The molecule has 0 bridgehead atoms. The van der Waals surface area contributed by atoms with E-state index in [0.717, 1.165) is 4.88 Å². The highest BCUT2D eigenvalue weighted by molar-refractivity contribution is 7.17. The SMILES string of the molecule is COc1cc(C2=N/C(=C/c3ccc(Cl)s3)C(=O)O2)cc(OC)c1OC. The third kappa shape index (κ3) is 3.47. The first-order chi connectivity index (χ1) is 12.0. The Labute approximate surface area is 153 Å². The topological polar surface area (TPSA) is 66.4 Å². The Balaban J connectivity index is 2.00. The molecule has 1 aromatic carbocycles. The smallest absolute Gasteiger partial charge is 0.363 e. The van der Waals surface area contributed by atoms with Gasteiger partial charge in [-0.25, -0.2) is 9.79 Å². The van der Waals surface area contributed by atoms with Crippen LogP contribution in [0.4, 0.5) is 0 Å². The van der Waals surface area contributed by atoms with Crippen LogP contribution in [0.2, 0.25) is 4.34 Å². The van der Waals surface area contributed by atoms with E-state index in [4.69, 9.17) is 30.5 Å². The summed E-state index contributed by atoms with van der Waals surface area (Å²) in [6.45, 7) is 0. The molecule has 8 heteroatoms. The van der Waals surface area contributed by atoms with Crippen LogP contribution in [0.25, 0.3) is 6.08 Å². The molecule has 3 rings (SSSR count). The summed E-state index contributed by atoms with van der Waals surface area (Å²) in [4.78, 5) is 17.2. The number of carbonyl (C=O) groups is 1. The molecule has 0 spiro atoms. The fraction of sp³-hybridized carbons (Fsp3) is 0.176. The zero-order valence-corrected chi connectivity index (χ0v) is 15.2. The molecule has 0 atom stereocenters. The highest BCUT2D eigenvalue weighted by Crippen LogP contribution is 2.39. The number of carbonyl (C=O) groups excluding carboxylic acids is 1. The number of ether oxygens (including phenoxy) is 4. The van der Waals surface area contributed by atoms with Gasteiger partial charge in [0.25, 0.3) is 0 Å². The van der Waals surface area contributed by atoms with Gasteiger partial charge in [0.2, 0.25) is 11.6 Å². The van der Waals surface area contributed by atoms with Crippen LogP contribution >= 0.6 is 22.9 Å². The van der Waals surface area contributed by atoms with Gasteiger partial charge >= 0.3 is 5.97 Å². The summed E-state index contributed by atoms with van der Waals surface area (Å²) in [6.07, 6.45) is 1.63. The zero-order chi connectivity index (χ0) is 18.0. The first-order valence-corrected chi connectivity index (χ1v) is 8.33. The average molecular weight is 380 g/mol. The fourth-order valence-electron chi connectivity index (χ4n) is 2.28. The molecule has 130 valence electrons. The second-order valence-corrected chi connectivity index (χ2v) is 6.64. The maximum atomic E-state index is 12.1. The van der Waals surface area contributed by atoms with E-state index in [1.807, 2.05) is 0 Å². The molecule has 0 radical (unpaired) electrons. The molecule has 2 aromatic rings. The minimum Gasteiger partial charge on any atom is -0.493 e. The molecule has 1 aromatic heterocycles. The van der Waals surface area contributed by atoms with E-state index >= 15 is 0 Å². The molecule has 0 saturated carbocycles. The number of esters is 1. The Morgan fingerprint density at radius 1 is 1.12 bits per heavy atom. The van der Waals surface area contributed by atoms with Crippen molar-refractivity contribution in [2.24, 2.45) is 4.99 Å². The van der Waals surface area contributed by atoms with Gasteiger partial charge in [0.15, 0.2) is 17.2 Å². The van der Waals surface area contributed by atoms with E-state index in [-0.39, 0.29) is 11.6 Å². The molecule has 0 N–H and O–H groups in total. The van der Waals surface area contributed by atoms with Gasteiger partial charge in [0, 0.05) is 10.4 Å². The standard InChI is InChI=1S/C17H14ClNO5S/c1-21-12-6-9(7-13(22-2)15(12)23-3)16-19-11(17(20)24-16)8-10-4-5-14(18)25-10/h4-8H,1-3H3/b11-8+. The Kier molecular flexibility index (Phi) is 4.96. The summed E-state index contributed by atoms with van der Waals surface area (Å²) in [5.74, 6) is 0.963. The van der Waals surface area contributed by atoms with Crippen LogP contribution in [0, 0.1) is 0 Å². The number of cyclic esters (lactones) is 1. The van der Waals surface area contributed by atoms with E-state index < -0.39 is 5.97 Å². The third-order valence-electron chi connectivity index (χ3n) is 3.41. The molecule has 1 aliphatic heterocycles. The van der Waals surface area contributed by atoms with Crippen molar-refractivity contribution in [3.63, 3.8) is 0 Å². The second kappa shape index (κ2) is 7.16.